The number of anilines is 2. The molecule has 1 amide bonds. The molecule has 5 rings (SSSR count). The molecule has 0 aliphatic carbocycles. The van der Waals surface area contributed by atoms with Crippen molar-refractivity contribution in [1.82, 2.24) is 29.4 Å². The largest absolute Gasteiger partial charge is 0.460 e. The second-order valence-corrected chi connectivity index (χ2v) is 10.6. The Bertz CT molecular complexity index is 1250. The van der Waals surface area contributed by atoms with Crippen LogP contribution in [0.3, 0.4) is 0 Å². The van der Waals surface area contributed by atoms with Crippen LogP contribution in [0.15, 0.2) is 30.5 Å². The molecule has 11 nitrogen and oxygen atoms in total. The summed E-state index contributed by atoms with van der Waals surface area (Å²) in [5.74, 6) is 0.767. The lowest BCUT2D eigenvalue weighted by Crippen LogP contribution is -2.49. The SMILES string of the molecule is CC(C)c1cnn2c(NCc3cccc(NC(=O)C4COCCN4C)c3)nc(OC3CCN(C)CC3)nc12. The highest BCUT2D eigenvalue weighted by Crippen LogP contribution is 2.25. The van der Waals surface area contributed by atoms with E-state index in [1.54, 1.807) is 4.52 Å². The standard InChI is InChI=1S/C27H38N8O3/c1-18(2)22-16-29-35-24(22)31-27(38-21-8-10-33(3)11-9-21)32-26(35)28-15-19-6-5-7-20(14-19)30-25(36)23-17-37-13-12-34(23)4/h5-7,14,16,18,21,23H,8-13,15,17H2,1-4H3,(H,30,36)(H,28,31,32). The van der Waals surface area contributed by atoms with Crippen molar-refractivity contribution in [2.45, 2.75) is 51.3 Å². The molecule has 1 atom stereocenters. The molecule has 2 N–H and O–H groups in total. The third-order valence-corrected chi connectivity index (χ3v) is 7.28. The van der Waals surface area contributed by atoms with Gasteiger partial charge in [-0.15, -0.1) is 0 Å². The highest BCUT2D eigenvalue weighted by molar-refractivity contribution is 5.95. The van der Waals surface area contributed by atoms with Crippen LogP contribution >= 0.6 is 0 Å². The lowest BCUT2D eigenvalue weighted by atomic mass is 10.1. The van der Waals surface area contributed by atoms with Gasteiger partial charge in [0.15, 0.2) is 5.65 Å². The predicted octanol–water partition coefficient (Wildman–Crippen LogP) is 2.60. The summed E-state index contributed by atoms with van der Waals surface area (Å²) in [4.78, 5) is 26.6. The van der Waals surface area contributed by atoms with E-state index in [-0.39, 0.29) is 24.0 Å². The molecular weight excluding hydrogens is 484 g/mol. The van der Waals surface area contributed by atoms with E-state index in [1.807, 2.05) is 42.4 Å². The Hall–Kier alpha value is -3.28. The number of morpholine rings is 1. The Labute approximate surface area is 223 Å². The maximum atomic E-state index is 12.8. The van der Waals surface area contributed by atoms with Crippen molar-refractivity contribution in [3.8, 4) is 6.01 Å². The molecule has 1 unspecified atom stereocenters. The van der Waals surface area contributed by atoms with Gasteiger partial charge in [-0.25, -0.2) is 0 Å². The zero-order valence-electron chi connectivity index (χ0n) is 22.7. The Balaban J connectivity index is 1.31. The van der Waals surface area contributed by atoms with Gasteiger partial charge in [-0.05, 0) is 50.6 Å². The molecule has 2 saturated heterocycles. The van der Waals surface area contributed by atoms with Gasteiger partial charge >= 0.3 is 6.01 Å². The summed E-state index contributed by atoms with van der Waals surface area (Å²) in [6.07, 6.45) is 3.85. The van der Waals surface area contributed by atoms with Crippen LogP contribution in [-0.4, -0.2) is 94.4 Å². The Morgan fingerprint density at radius 3 is 2.76 bits per heavy atom. The number of benzene rings is 1. The number of hydrogen-bond donors (Lipinski definition) is 2. The number of ether oxygens (including phenoxy) is 2. The highest BCUT2D eigenvalue weighted by atomic mass is 16.5. The monoisotopic (exact) mass is 522 g/mol. The van der Waals surface area contributed by atoms with Crippen molar-refractivity contribution >= 4 is 23.2 Å². The number of nitrogens with zero attached hydrogens (tertiary/aromatic N) is 6. The number of hydrogen-bond acceptors (Lipinski definition) is 9. The summed E-state index contributed by atoms with van der Waals surface area (Å²) in [5.41, 5.74) is 3.54. The number of likely N-dealkylation sites (tertiary alicyclic amines) is 1. The number of fused-ring (bicyclic) bond motifs is 1. The molecule has 4 heterocycles. The summed E-state index contributed by atoms with van der Waals surface area (Å²) < 4.78 is 13.5. The van der Waals surface area contributed by atoms with Crippen LogP contribution < -0.4 is 15.4 Å². The smallest absolute Gasteiger partial charge is 0.322 e. The summed E-state index contributed by atoms with van der Waals surface area (Å²) in [6, 6.07) is 7.88. The number of likely N-dealkylation sites (N-methyl/N-ethyl adjacent to an activating group) is 1. The second-order valence-electron chi connectivity index (χ2n) is 10.6. The topological polar surface area (TPSA) is 109 Å². The van der Waals surface area contributed by atoms with Gasteiger partial charge in [-0.2, -0.15) is 19.6 Å². The minimum atomic E-state index is -0.294. The average Bonchev–Trinajstić information content (AvgIpc) is 3.34. The van der Waals surface area contributed by atoms with Crippen LogP contribution in [0, 0.1) is 0 Å². The van der Waals surface area contributed by atoms with E-state index < -0.39 is 0 Å². The maximum Gasteiger partial charge on any atom is 0.322 e. The van der Waals surface area contributed by atoms with Crippen molar-refractivity contribution in [3.05, 3.63) is 41.6 Å². The molecule has 2 aliphatic heterocycles. The van der Waals surface area contributed by atoms with Gasteiger partial charge < -0.3 is 25.0 Å². The van der Waals surface area contributed by atoms with E-state index in [0.29, 0.717) is 31.7 Å². The third-order valence-electron chi connectivity index (χ3n) is 7.28. The van der Waals surface area contributed by atoms with Gasteiger partial charge in [-0.1, -0.05) is 26.0 Å². The molecule has 3 aromatic rings. The quantitative estimate of drug-likeness (QED) is 0.461. The van der Waals surface area contributed by atoms with Gasteiger partial charge in [-0.3, -0.25) is 9.69 Å². The first kappa shape index (κ1) is 26.3. The zero-order chi connectivity index (χ0) is 26.6. The number of amides is 1. The number of aromatic nitrogens is 4. The maximum absolute atomic E-state index is 12.8. The fourth-order valence-corrected chi connectivity index (χ4v) is 4.83. The molecule has 2 fully saturated rings. The fraction of sp³-hybridized carbons (Fsp3) is 0.556. The fourth-order valence-electron chi connectivity index (χ4n) is 4.83. The molecule has 38 heavy (non-hydrogen) atoms. The van der Waals surface area contributed by atoms with Crippen LogP contribution in [-0.2, 0) is 16.1 Å². The van der Waals surface area contributed by atoms with E-state index in [2.05, 4.69) is 41.5 Å². The molecule has 1 aromatic carbocycles. The minimum Gasteiger partial charge on any atom is -0.460 e. The predicted molar refractivity (Wildman–Crippen MR) is 146 cm³/mol. The molecule has 2 aliphatic rings. The first-order valence-corrected chi connectivity index (χ1v) is 13.4. The summed E-state index contributed by atoms with van der Waals surface area (Å²) in [5, 5.41) is 11.0. The van der Waals surface area contributed by atoms with Gasteiger partial charge in [0.25, 0.3) is 0 Å². The number of rotatable bonds is 8. The first-order chi connectivity index (χ1) is 18.4. The van der Waals surface area contributed by atoms with E-state index >= 15 is 0 Å². The number of carbonyl (C=O) groups excluding carboxylic acids is 1. The normalized spacial score (nSPS) is 19.7. The van der Waals surface area contributed by atoms with Crippen LogP contribution in [0.25, 0.3) is 5.65 Å². The zero-order valence-corrected chi connectivity index (χ0v) is 22.7. The Kier molecular flexibility index (Phi) is 8.06. The lowest BCUT2D eigenvalue weighted by Gasteiger charge is -2.31. The number of piperidine rings is 1. The molecule has 0 saturated carbocycles. The summed E-state index contributed by atoms with van der Waals surface area (Å²) >= 11 is 0. The highest BCUT2D eigenvalue weighted by Gasteiger charge is 2.27. The summed E-state index contributed by atoms with van der Waals surface area (Å²) in [7, 11) is 4.07. The van der Waals surface area contributed by atoms with Crippen molar-refractivity contribution < 1.29 is 14.3 Å². The van der Waals surface area contributed by atoms with Crippen molar-refractivity contribution in [2.24, 2.45) is 0 Å². The number of nitrogens with one attached hydrogen (secondary N) is 2. The Morgan fingerprint density at radius 1 is 1.18 bits per heavy atom. The molecule has 0 radical (unpaired) electrons. The average molecular weight is 523 g/mol. The van der Waals surface area contributed by atoms with Gasteiger partial charge in [0, 0.05) is 37.4 Å². The second kappa shape index (κ2) is 11.6. The number of carbonyl (C=O) groups is 1. The van der Waals surface area contributed by atoms with Gasteiger partial charge in [0.1, 0.15) is 12.1 Å². The van der Waals surface area contributed by atoms with E-state index in [9.17, 15) is 4.79 Å². The summed E-state index contributed by atoms with van der Waals surface area (Å²) in [6.45, 7) is 8.53. The van der Waals surface area contributed by atoms with Crippen LogP contribution in [0.4, 0.5) is 11.6 Å². The first-order valence-electron chi connectivity index (χ1n) is 13.4. The van der Waals surface area contributed by atoms with Gasteiger partial charge in [0.05, 0.1) is 19.4 Å². The van der Waals surface area contributed by atoms with Crippen molar-refractivity contribution in [2.75, 3.05) is 57.6 Å². The molecule has 0 spiro atoms. The Morgan fingerprint density at radius 2 is 2.00 bits per heavy atom. The van der Waals surface area contributed by atoms with Crippen LogP contribution in [0.5, 0.6) is 6.01 Å². The molecule has 11 heteroatoms. The molecular formula is C27H38N8O3. The van der Waals surface area contributed by atoms with E-state index in [0.717, 1.165) is 54.9 Å². The van der Waals surface area contributed by atoms with Crippen LogP contribution in [0.2, 0.25) is 0 Å². The van der Waals surface area contributed by atoms with Crippen molar-refractivity contribution in [1.29, 1.82) is 0 Å². The third kappa shape index (κ3) is 6.06. The van der Waals surface area contributed by atoms with Crippen LogP contribution in [0.1, 0.15) is 43.7 Å². The van der Waals surface area contributed by atoms with E-state index in [1.165, 1.54) is 0 Å². The molecule has 2 aromatic heterocycles. The van der Waals surface area contributed by atoms with Gasteiger partial charge in [0.2, 0.25) is 11.9 Å². The van der Waals surface area contributed by atoms with Crippen molar-refractivity contribution in [3.63, 3.8) is 0 Å². The lowest BCUT2D eigenvalue weighted by molar-refractivity contribution is -0.126. The minimum absolute atomic E-state index is 0.0664. The van der Waals surface area contributed by atoms with E-state index in [4.69, 9.17) is 19.4 Å². The molecule has 204 valence electrons. The molecule has 0 bridgehead atoms.